The summed E-state index contributed by atoms with van der Waals surface area (Å²) in [7, 11) is 1.25. The van der Waals surface area contributed by atoms with Crippen LogP contribution in [0, 0.1) is 11.3 Å². The highest BCUT2D eigenvalue weighted by atomic mass is 16.5. The zero-order chi connectivity index (χ0) is 8.97. The number of aromatic nitrogens is 1. The Bertz CT molecular complexity index is 341. The molecule has 4 heteroatoms. The van der Waals surface area contributed by atoms with E-state index in [9.17, 15) is 4.79 Å². The Balaban J connectivity index is 3.16. The normalized spacial score (nSPS) is 8.67. The summed E-state index contributed by atoms with van der Waals surface area (Å²) in [5.74, 6) is -0.591. The maximum atomic E-state index is 11.0. The molecule has 1 aromatic rings. The lowest BCUT2D eigenvalue weighted by Crippen LogP contribution is -2.06. The summed E-state index contributed by atoms with van der Waals surface area (Å²) in [4.78, 5) is 14.7. The van der Waals surface area contributed by atoms with Crippen molar-refractivity contribution in [1.82, 2.24) is 4.98 Å². The number of carbonyl (C=O) groups is 1. The lowest BCUT2D eigenvalue weighted by atomic mass is 10.2. The molecule has 1 heterocycles. The van der Waals surface area contributed by atoms with E-state index in [0.717, 1.165) is 0 Å². The van der Waals surface area contributed by atoms with Crippen LogP contribution in [-0.4, -0.2) is 18.1 Å². The Kier molecular flexibility index (Phi) is 2.38. The van der Waals surface area contributed by atoms with E-state index >= 15 is 0 Å². The van der Waals surface area contributed by atoms with Crippen molar-refractivity contribution < 1.29 is 9.53 Å². The molecule has 0 radical (unpaired) electrons. The maximum Gasteiger partial charge on any atom is 0.358 e. The molecule has 0 saturated heterocycles. The summed E-state index contributed by atoms with van der Waals surface area (Å²) in [5.41, 5.74) is 0.284. The number of esters is 1. The van der Waals surface area contributed by atoms with Crippen LogP contribution in [0.2, 0.25) is 0 Å². The van der Waals surface area contributed by atoms with E-state index in [1.54, 1.807) is 6.07 Å². The largest absolute Gasteiger partial charge is 0.464 e. The van der Waals surface area contributed by atoms with E-state index in [4.69, 9.17) is 5.26 Å². The van der Waals surface area contributed by atoms with E-state index < -0.39 is 5.97 Å². The van der Waals surface area contributed by atoms with Gasteiger partial charge in [-0.3, -0.25) is 0 Å². The van der Waals surface area contributed by atoms with Crippen molar-refractivity contribution in [3.05, 3.63) is 29.6 Å². The number of rotatable bonds is 1. The van der Waals surface area contributed by atoms with Gasteiger partial charge in [0, 0.05) is 6.20 Å². The highest BCUT2D eigenvalue weighted by Gasteiger charge is 2.11. The highest BCUT2D eigenvalue weighted by Crippen LogP contribution is 2.04. The molecular formula is C8H6N2O2. The van der Waals surface area contributed by atoms with Gasteiger partial charge in [0.1, 0.15) is 6.07 Å². The Morgan fingerprint density at radius 3 is 3.08 bits per heavy atom. The molecule has 12 heavy (non-hydrogen) atoms. The zero-order valence-electron chi connectivity index (χ0n) is 6.44. The zero-order valence-corrected chi connectivity index (χ0v) is 6.44. The number of hydrogen-bond acceptors (Lipinski definition) is 4. The fourth-order valence-corrected chi connectivity index (χ4v) is 0.755. The van der Waals surface area contributed by atoms with Gasteiger partial charge in [-0.05, 0) is 12.1 Å². The first-order valence-electron chi connectivity index (χ1n) is 3.23. The molecule has 60 valence electrons. The van der Waals surface area contributed by atoms with Crippen LogP contribution in [0.5, 0.6) is 0 Å². The van der Waals surface area contributed by atoms with Crippen LogP contribution in [0.1, 0.15) is 16.1 Å². The Morgan fingerprint density at radius 2 is 2.50 bits per heavy atom. The first-order valence-corrected chi connectivity index (χ1v) is 3.23. The molecule has 0 aliphatic carbocycles. The molecule has 0 saturated carbocycles. The molecule has 0 fully saturated rings. The summed E-state index contributed by atoms with van der Waals surface area (Å²) in [6.45, 7) is 0. The molecule has 0 unspecified atom stereocenters. The fraction of sp³-hybridized carbons (Fsp3) is 0.125. The third-order valence-electron chi connectivity index (χ3n) is 1.31. The second-order valence-corrected chi connectivity index (χ2v) is 2.00. The lowest BCUT2D eigenvalue weighted by molar-refractivity contribution is 0.0593. The average molecular weight is 162 g/mol. The van der Waals surface area contributed by atoms with E-state index in [1.807, 2.05) is 6.07 Å². The second kappa shape index (κ2) is 3.49. The first kappa shape index (κ1) is 8.21. The van der Waals surface area contributed by atoms with Crippen molar-refractivity contribution in [1.29, 1.82) is 5.26 Å². The molecular weight excluding hydrogens is 156 g/mol. The van der Waals surface area contributed by atoms with Crippen molar-refractivity contribution in [2.24, 2.45) is 0 Å². The van der Waals surface area contributed by atoms with E-state index in [2.05, 4.69) is 9.72 Å². The van der Waals surface area contributed by atoms with Gasteiger partial charge >= 0.3 is 5.97 Å². The van der Waals surface area contributed by atoms with Crippen LogP contribution >= 0.6 is 0 Å². The number of carbonyl (C=O) groups excluding carboxylic acids is 1. The molecule has 4 nitrogen and oxygen atoms in total. The van der Waals surface area contributed by atoms with Crippen LogP contribution in [0.25, 0.3) is 0 Å². The predicted octanol–water partition coefficient (Wildman–Crippen LogP) is 0.740. The van der Waals surface area contributed by atoms with Gasteiger partial charge in [-0.25, -0.2) is 9.78 Å². The van der Waals surface area contributed by atoms with Gasteiger partial charge in [-0.2, -0.15) is 5.26 Å². The summed E-state index contributed by atoms with van der Waals surface area (Å²) in [6, 6.07) is 4.95. The number of hydrogen-bond donors (Lipinski definition) is 0. The molecule has 0 N–H and O–H groups in total. The van der Waals surface area contributed by atoms with Crippen molar-refractivity contribution >= 4 is 5.97 Å². The molecule has 1 aromatic heterocycles. The van der Waals surface area contributed by atoms with Crippen molar-refractivity contribution in [2.75, 3.05) is 7.11 Å². The third kappa shape index (κ3) is 1.40. The molecule has 0 amide bonds. The quantitative estimate of drug-likeness (QED) is 0.571. The summed E-state index contributed by atoms with van der Waals surface area (Å²) in [5, 5.41) is 8.57. The molecule has 0 aliphatic rings. The van der Waals surface area contributed by atoms with Gasteiger partial charge in [0.25, 0.3) is 0 Å². The van der Waals surface area contributed by atoms with E-state index in [1.165, 1.54) is 19.4 Å². The van der Waals surface area contributed by atoms with Gasteiger partial charge in [0.05, 0.1) is 12.7 Å². The van der Waals surface area contributed by atoms with Gasteiger partial charge in [-0.1, -0.05) is 0 Å². The predicted molar refractivity (Wildman–Crippen MR) is 40.3 cm³/mol. The molecule has 0 spiro atoms. The second-order valence-electron chi connectivity index (χ2n) is 2.00. The minimum Gasteiger partial charge on any atom is -0.464 e. The monoisotopic (exact) mass is 162 g/mol. The van der Waals surface area contributed by atoms with Crippen LogP contribution in [0.15, 0.2) is 18.3 Å². The Hall–Kier alpha value is -1.89. The van der Waals surface area contributed by atoms with Crippen molar-refractivity contribution in [2.45, 2.75) is 0 Å². The minimum absolute atomic E-state index is 0.0579. The van der Waals surface area contributed by atoms with Gasteiger partial charge in [0.15, 0.2) is 5.69 Å². The number of methoxy groups -OCH3 is 1. The first-order chi connectivity index (χ1) is 5.79. The van der Waals surface area contributed by atoms with Gasteiger partial charge in [0.2, 0.25) is 0 Å². The molecule has 0 aliphatic heterocycles. The number of nitrogens with zero attached hydrogens (tertiary/aromatic N) is 2. The summed E-state index contributed by atoms with van der Waals surface area (Å²) < 4.78 is 4.43. The van der Waals surface area contributed by atoms with Gasteiger partial charge < -0.3 is 4.74 Å². The fourth-order valence-electron chi connectivity index (χ4n) is 0.755. The minimum atomic E-state index is -0.591. The number of nitriles is 1. The van der Waals surface area contributed by atoms with E-state index in [0.29, 0.717) is 0 Å². The topological polar surface area (TPSA) is 63.0 Å². The Morgan fingerprint density at radius 1 is 1.75 bits per heavy atom. The number of pyridine rings is 1. The van der Waals surface area contributed by atoms with Crippen molar-refractivity contribution in [3.8, 4) is 6.07 Å². The van der Waals surface area contributed by atoms with E-state index in [-0.39, 0.29) is 11.3 Å². The third-order valence-corrected chi connectivity index (χ3v) is 1.31. The molecule has 0 aromatic carbocycles. The number of ether oxygens (including phenoxy) is 1. The van der Waals surface area contributed by atoms with Crippen LogP contribution < -0.4 is 0 Å². The van der Waals surface area contributed by atoms with Crippen LogP contribution in [0.4, 0.5) is 0 Å². The average Bonchev–Trinajstić information content (AvgIpc) is 2.16. The molecule has 0 atom stereocenters. The maximum absolute atomic E-state index is 11.0. The lowest BCUT2D eigenvalue weighted by Gasteiger charge is -1.98. The SMILES string of the molecule is COC(=O)c1ncccc1C#N. The van der Waals surface area contributed by atoms with Crippen LogP contribution in [0.3, 0.4) is 0 Å². The highest BCUT2D eigenvalue weighted by molar-refractivity contribution is 5.89. The molecule has 1 rings (SSSR count). The van der Waals surface area contributed by atoms with Crippen molar-refractivity contribution in [3.63, 3.8) is 0 Å². The van der Waals surface area contributed by atoms with Crippen LogP contribution in [-0.2, 0) is 4.74 Å². The molecule has 0 bridgehead atoms. The summed E-state index contributed by atoms with van der Waals surface area (Å²) >= 11 is 0. The summed E-state index contributed by atoms with van der Waals surface area (Å²) in [6.07, 6.45) is 1.44. The smallest absolute Gasteiger partial charge is 0.358 e. The Labute approximate surface area is 69.4 Å². The standard InChI is InChI=1S/C8H6N2O2/c1-12-8(11)7-6(5-9)3-2-4-10-7/h2-4H,1H3. The van der Waals surface area contributed by atoms with Gasteiger partial charge in [-0.15, -0.1) is 0 Å².